The fraction of sp³-hybridized carbons (Fsp3) is 0.933. The average Bonchev–Trinajstić information content (AvgIpc) is 2.92. The summed E-state index contributed by atoms with van der Waals surface area (Å²) in [6, 6.07) is 0.593. The van der Waals surface area contributed by atoms with E-state index in [1.54, 1.807) is 0 Å². The molecule has 0 bridgehead atoms. The van der Waals surface area contributed by atoms with E-state index in [-0.39, 0.29) is 11.9 Å². The van der Waals surface area contributed by atoms with Gasteiger partial charge in [0.25, 0.3) is 0 Å². The predicted octanol–water partition coefficient (Wildman–Crippen LogP) is 1.59. The van der Waals surface area contributed by atoms with Crippen LogP contribution in [-0.4, -0.2) is 42.0 Å². The SMILES string of the molecule is CC(C)NC(C)(CC(C)N(C)CC1CC1C)C(N)=O. The fourth-order valence-corrected chi connectivity index (χ4v) is 2.82. The second-order valence-electron chi connectivity index (χ2n) is 6.96. The van der Waals surface area contributed by atoms with Crippen molar-refractivity contribution in [3.8, 4) is 0 Å². The van der Waals surface area contributed by atoms with Crippen LogP contribution in [0.2, 0.25) is 0 Å². The molecule has 1 fully saturated rings. The van der Waals surface area contributed by atoms with Crippen LogP contribution in [0.4, 0.5) is 0 Å². The van der Waals surface area contributed by atoms with Crippen molar-refractivity contribution in [1.82, 2.24) is 10.2 Å². The van der Waals surface area contributed by atoms with Crippen molar-refractivity contribution in [3.63, 3.8) is 0 Å². The van der Waals surface area contributed by atoms with Gasteiger partial charge in [0, 0.05) is 18.6 Å². The number of hydrogen-bond acceptors (Lipinski definition) is 3. The van der Waals surface area contributed by atoms with Crippen LogP contribution in [0.5, 0.6) is 0 Å². The Morgan fingerprint density at radius 3 is 2.37 bits per heavy atom. The molecule has 0 saturated heterocycles. The molecule has 19 heavy (non-hydrogen) atoms. The van der Waals surface area contributed by atoms with Crippen molar-refractivity contribution in [2.45, 2.75) is 65.1 Å². The molecular formula is C15H31N3O. The number of nitrogens with two attached hydrogens (primary N) is 1. The van der Waals surface area contributed by atoms with E-state index in [2.05, 4.69) is 31.1 Å². The van der Waals surface area contributed by atoms with Gasteiger partial charge < -0.3 is 16.0 Å². The van der Waals surface area contributed by atoms with Gasteiger partial charge in [-0.25, -0.2) is 0 Å². The largest absolute Gasteiger partial charge is 0.368 e. The summed E-state index contributed by atoms with van der Waals surface area (Å²) < 4.78 is 0. The first-order chi connectivity index (χ1) is 8.65. The molecule has 1 aliphatic carbocycles. The van der Waals surface area contributed by atoms with Gasteiger partial charge in [-0.05, 0) is 59.4 Å². The first kappa shape index (κ1) is 16.4. The highest BCUT2D eigenvalue weighted by Gasteiger charge is 2.37. The van der Waals surface area contributed by atoms with Crippen LogP contribution >= 0.6 is 0 Å². The summed E-state index contributed by atoms with van der Waals surface area (Å²) in [7, 11) is 2.15. The summed E-state index contributed by atoms with van der Waals surface area (Å²) in [5.41, 5.74) is 4.96. The van der Waals surface area contributed by atoms with Crippen LogP contribution < -0.4 is 11.1 Å². The number of rotatable bonds is 8. The fourth-order valence-electron chi connectivity index (χ4n) is 2.82. The zero-order chi connectivity index (χ0) is 14.8. The minimum Gasteiger partial charge on any atom is -0.368 e. The van der Waals surface area contributed by atoms with E-state index < -0.39 is 5.54 Å². The van der Waals surface area contributed by atoms with Crippen LogP contribution in [0, 0.1) is 11.8 Å². The lowest BCUT2D eigenvalue weighted by atomic mass is 9.91. The molecule has 0 aliphatic heterocycles. The van der Waals surface area contributed by atoms with Gasteiger partial charge in [0.15, 0.2) is 0 Å². The topological polar surface area (TPSA) is 58.4 Å². The zero-order valence-corrected chi connectivity index (χ0v) is 13.4. The molecule has 0 heterocycles. The Kier molecular flexibility index (Phi) is 5.39. The number of carbonyl (C=O) groups excluding carboxylic acids is 1. The van der Waals surface area contributed by atoms with Gasteiger partial charge in [-0.3, -0.25) is 4.79 Å². The highest BCUT2D eigenvalue weighted by Crippen LogP contribution is 2.38. The number of hydrogen-bond donors (Lipinski definition) is 2. The van der Waals surface area contributed by atoms with E-state index in [1.807, 2.05) is 20.8 Å². The molecule has 112 valence electrons. The number of nitrogens with zero attached hydrogens (tertiary/aromatic N) is 1. The summed E-state index contributed by atoms with van der Waals surface area (Å²) in [5, 5.41) is 3.32. The van der Waals surface area contributed by atoms with E-state index in [0.29, 0.717) is 6.04 Å². The van der Waals surface area contributed by atoms with Gasteiger partial charge >= 0.3 is 0 Å². The number of carbonyl (C=O) groups is 1. The van der Waals surface area contributed by atoms with Crippen molar-refractivity contribution >= 4 is 5.91 Å². The molecule has 4 heteroatoms. The summed E-state index contributed by atoms with van der Waals surface area (Å²) in [5.74, 6) is 1.44. The second kappa shape index (κ2) is 6.23. The van der Waals surface area contributed by atoms with Crippen molar-refractivity contribution < 1.29 is 4.79 Å². The van der Waals surface area contributed by atoms with Crippen molar-refractivity contribution in [1.29, 1.82) is 0 Å². The first-order valence-corrected chi connectivity index (χ1v) is 7.43. The average molecular weight is 269 g/mol. The van der Waals surface area contributed by atoms with Crippen molar-refractivity contribution in [2.24, 2.45) is 17.6 Å². The van der Waals surface area contributed by atoms with Crippen LogP contribution in [0.25, 0.3) is 0 Å². The van der Waals surface area contributed by atoms with E-state index in [4.69, 9.17) is 5.73 Å². The first-order valence-electron chi connectivity index (χ1n) is 7.43. The Bertz CT molecular complexity index is 319. The van der Waals surface area contributed by atoms with Crippen LogP contribution in [0.3, 0.4) is 0 Å². The molecule has 1 aliphatic rings. The van der Waals surface area contributed by atoms with Gasteiger partial charge in [-0.15, -0.1) is 0 Å². The molecule has 3 N–H and O–H groups in total. The molecule has 0 radical (unpaired) electrons. The third-order valence-corrected chi connectivity index (χ3v) is 4.41. The van der Waals surface area contributed by atoms with E-state index in [9.17, 15) is 4.79 Å². The lowest BCUT2D eigenvalue weighted by Gasteiger charge is -2.35. The maximum atomic E-state index is 11.7. The minimum absolute atomic E-state index is 0.249. The molecule has 4 nitrogen and oxygen atoms in total. The molecule has 1 amide bonds. The predicted molar refractivity (Wildman–Crippen MR) is 79.9 cm³/mol. The number of primary amides is 1. The molecular weight excluding hydrogens is 238 g/mol. The summed E-state index contributed by atoms with van der Waals surface area (Å²) in [6.45, 7) is 11.6. The van der Waals surface area contributed by atoms with Gasteiger partial charge in [0.05, 0.1) is 5.54 Å². The number of amides is 1. The maximum Gasteiger partial charge on any atom is 0.237 e. The van der Waals surface area contributed by atoms with E-state index in [1.165, 1.54) is 6.42 Å². The standard InChI is InChI=1S/C15H31N3O/c1-10(2)17-15(5,14(16)19)8-12(4)18(6)9-13-7-11(13)3/h10-13,17H,7-9H2,1-6H3,(H2,16,19). The Hall–Kier alpha value is -0.610. The summed E-state index contributed by atoms with van der Waals surface area (Å²) in [4.78, 5) is 14.1. The molecule has 4 atom stereocenters. The van der Waals surface area contributed by atoms with E-state index in [0.717, 1.165) is 24.8 Å². The highest BCUT2D eigenvalue weighted by atomic mass is 16.1. The summed E-state index contributed by atoms with van der Waals surface area (Å²) >= 11 is 0. The third kappa shape index (κ3) is 4.77. The van der Waals surface area contributed by atoms with Crippen LogP contribution in [-0.2, 0) is 4.79 Å². The highest BCUT2D eigenvalue weighted by molar-refractivity contribution is 5.84. The Morgan fingerprint density at radius 1 is 1.47 bits per heavy atom. The van der Waals surface area contributed by atoms with Crippen molar-refractivity contribution in [2.75, 3.05) is 13.6 Å². The second-order valence-corrected chi connectivity index (χ2v) is 6.96. The van der Waals surface area contributed by atoms with Crippen LogP contribution in [0.15, 0.2) is 0 Å². The normalized spacial score (nSPS) is 27.4. The molecule has 1 saturated carbocycles. The molecule has 4 unspecified atom stereocenters. The Labute approximate surface area is 118 Å². The zero-order valence-electron chi connectivity index (χ0n) is 13.4. The van der Waals surface area contributed by atoms with Crippen molar-refractivity contribution in [3.05, 3.63) is 0 Å². The lowest BCUT2D eigenvalue weighted by Crippen LogP contribution is -2.58. The molecule has 0 aromatic rings. The Morgan fingerprint density at radius 2 is 2.00 bits per heavy atom. The summed E-state index contributed by atoms with van der Waals surface area (Å²) in [6.07, 6.45) is 2.09. The number of nitrogens with one attached hydrogen (secondary N) is 1. The third-order valence-electron chi connectivity index (χ3n) is 4.41. The quantitative estimate of drug-likeness (QED) is 0.703. The maximum absolute atomic E-state index is 11.7. The van der Waals surface area contributed by atoms with E-state index >= 15 is 0 Å². The molecule has 0 aromatic carbocycles. The van der Waals surface area contributed by atoms with Gasteiger partial charge in [0.1, 0.15) is 0 Å². The van der Waals surface area contributed by atoms with Crippen LogP contribution in [0.1, 0.15) is 47.5 Å². The minimum atomic E-state index is -0.628. The van der Waals surface area contributed by atoms with Gasteiger partial charge in [-0.2, -0.15) is 0 Å². The van der Waals surface area contributed by atoms with Gasteiger partial charge in [0.2, 0.25) is 5.91 Å². The molecule has 0 spiro atoms. The molecule has 0 aromatic heterocycles. The monoisotopic (exact) mass is 269 g/mol. The van der Waals surface area contributed by atoms with Gasteiger partial charge in [-0.1, -0.05) is 6.92 Å². The lowest BCUT2D eigenvalue weighted by molar-refractivity contribution is -0.124. The smallest absolute Gasteiger partial charge is 0.237 e. The Balaban J connectivity index is 2.54. The molecule has 1 rings (SSSR count).